The van der Waals surface area contributed by atoms with E-state index in [9.17, 15) is 14.0 Å². The van der Waals surface area contributed by atoms with Crippen molar-refractivity contribution in [2.45, 2.75) is 0 Å². The first-order valence-corrected chi connectivity index (χ1v) is 9.97. The van der Waals surface area contributed by atoms with Gasteiger partial charge in [0, 0.05) is 5.02 Å². The van der Waals surface area contributed by atoms with Gasteiger partial charge in [-0.25, -0.2) is 9.88 Å². The molecule has 0 aliphatic carbocycles. The highest BCUT2D eigenvalue weighted by Gasteiger charge is 2.36. The minimum absolute atomic E-state index is 0.155. The van der Waals surface area contributed by atoms with E-state index in [4.69, 9.17) is 27.9 Å². The monoisotopic (exact) mass is 461 g/mol. The second-order valence-corrected chi connectivity index (χ2v) is 7.73. The molecule has 1 fully saturated rings. The summed E-state index contributed by atoms with van der Waals surface area (Å²) in [5.41, 5.74) is 0.964. The molecule has 0 spiro atoms. The maximum Gasteiger partial charge on any atom is 0.298 e. The van der Waals surface area contributed by atoms with Crippen LogP contribution in [0.2, 0.25) is 10.3 Å². The van der Waals surface area contributed by atoms with Crippen molar-refractivity contribution in [2.75, 3.05) is 4.90 Å². The van der Waals surface area contributed by atoms with Gasteiger partial charge in [0.25, 0.3) is 17.0 Å². The molecule has 1 aliphatic rings. The van der Waals surface area contributed by atoms with Crippen molar-refractivity contribution in [3.63, 3.8) is 0 Å². The van der Waals surface area contributed by atoms with Gasteiger partial charge in [0.1, 0.15) is 5.75 Å². The zero-order valence-corrected chi connectivity index (χ0v) is 17.2. The van der Waals surface area contributed by atoms with Gasteiger partial charge in [0.05, 0.1) is 16.8 Å². The third-order valence-electron chi connectivity index (χ3n) is 3.91. The number of anilines is 1. The van der Waals surface area contributed by atoms with E-state index in [0.717, 1.165) is 22.9 Å². The lowest BCUT2D eigenvalue weighted by atomic mass is 10.2. The Morgan fingerprint density at radius 3 is 2.70 bits per heavy atom. The number of halogens is 3. The van der Waals surface area contributed by atoms with Gasteiger partial charge in [-0.1, -0.05) is 29.8 Å². The van der Waals surface area contributed by atoms with Gasteiger partial charge in [0.15, 0.2) is 0 Å². The second kappa shape index (κ2) is 8.43. The minimum atomic E-state index is -0.771. The normalized spacial score (nSPS) is 15.2. The highest BCUT2D eigenvalue weighted by Crippen LogP contribution is 2.36. The Morgan fingerprint density at radius 2 is 1.90 bits per heavy atom. The number of aromatic nitrogens is 2. The van der Waals surface area contributed by atoms with E-state index in [1.54, 1.807) is 48.5 Å². The van der Waals surface area contributed by atoms with E-state index >= 15 is 0 Å². The summed E-state index contributed by atoms with van der Waals surface area (Å²) in [7, 11) is 0. The average Bonchev–Trinajstić information content (AvgIpc) is 2.98. The molecule has 10 heteroatoms. The summed E-state index contributed by atoms with van der Waals surface area (Å²) in [6.45, 7) is 0. The molecule has 4 rings (SSSR count). The SMILES string of the molecule is O=C1S/C(=C\c2cccc(Oc3nc(Cl)ncc3F)c2)C(=O)N1c1cccc(Cl)c1. The lowest BCUT2D eigenvalue weighted by molar-refractivity contribution is -0.113. The zero-order valence-electron chi connectivity index (χ0n) is 14.9. The van der Waals surface area contributed by atoms with Crippen molar-refractivity contribution in [1.29, 1.82) is 0 Å². The third kappa shape index (κ3) is 4.30. The number of amides is 2. The highest BCUT2D eigenvalue weighted by atomic mass is 35.5. The van der Waals surface area contributed by atoms with Gasteiger partial charge in [-0.15, -0.1) is 0 Å². The van der Waals surface area contributed by atoms with Gasteiger partial charge in [-0.2, -0.15) is 9.37 Å². The molecular formula is C20H10Cl2FN3O3S. The van der Waals surface area contributed by atoms with Crippen molar-refractivity contribution in [3.05, 3.63) is 81.3 Å². The molecule has 6 nitrogen and oxygen atoms in total. The largest absolute Gasteiger partial charge is 0.436 e. The number of imide groups is 1. The number of rotatable bonds is 4. The van der Waals surface area contributed by atoms with E-state index in [1.807, 2.05) is 0 Å². The summed E-state index contributed by atoms with van der Waals surface area (Å²) in [5, 5.41) is -0.173. The van der Waals surface area contributed by atoms with Crippen molar-refractivity contribution in [3.8, 4) is 11.6 Å². The summed E-state index contributed by atoms with van der Waals surface area (Å²) in [6.07, 6.45) is 2.45. The topological polar surface area (TPSA) is 72.4 Å². The fourth-order valence-electron chi connectivity index (χ4n) is 2.64. The fraction of sp³-hybridized carbons (Fsp3) is 0. The quantitative estimate of drug-likeness (QED) is 0.352. The standard InChI is InChI=1S/C20H10Cl2FN3O3S/c21-12-4-2-5-13(9-12)26-18(27)16(30-20(26)28)8-11-3-1-6-14(7-11)29-17-15(23)10-24-19(22)25-17/h1-10H/b16-8-. The Kier molecular flexibility index (Phi) is 5.72. The Balaban J connectivity index is 1.59. The molecule has 1 aromatic heterocycles. The van der Waals surface area contributed by atoms with E-state index in [1.165, 1.54) is 6.07 Å². The van der Waals surface area contributed by atoms with E-state index in [-0.39, 0.29) is 21.8 Å². The molecule has 2 heterocycles. The number of carbonyl (C=O) groups excluding carboxylic acids is 2. The fourth-order valence-corrected chi connectivity index (χ4v) is 3.79. The van der Waals surface area contributed by atoms with Gasteiger partial charge in [0.2, 0.25) is 11.1 Å². The first-order chi connectivity index (χ1) is 14.4. The van der Waals surface area contributed by atoms with E-state index < -0.39 is 17.0 Å². The van der Waals surface area contributed by atoms with Crippen LogP contribution in [0.1, 0.15) is 5.56 Å². The molecule has 0 saturated carbocycles. The summed E-state index contributed by atoms with van der Waals surface area (Å²) in [6, 6.07) is 13.0. The van der Waals surface area contributed by atoms with Gasteiger partial charge in [-0.3, -0.25) is 9.59 Å². The molecule has 0 unspecified atom stereocenters. The Bertz CT molecular complexity index is 1210. The molecule has 150 valence electrons. The Hall–Kier alpha value is -2.94. The molecule has 30 heavy (non-hydrogen) atoms. The molecule has 0 radical (unpaired) electrons. The summed E-state index contributed by atoms with van der Waals surface area (Å²) in [5.74, 6) is -1.29. The van der Waals surface area contributed by atoms with Gasteiger partial charge in [-0.05, 0) is 65.3 Å². The van der Waals surface area contributed by atoms with Crippen LogP contribution < -0.4 is 9.64 Å². The van der Waals surface area contributed by atoms with Crippen LogP contribution >= 0.6 is 35.0 Å². The van der Waals surface area contributed by atoms with Crippen molar-refractivity contribution in [1.82, 2.24) is 9.97 Å². The number of carbonyl (C=O) groups is 2. The predicted molar refractivity (Wildman–Crippen MR) is 113 cm³/mol. The lowest BCUT2D eigenvalue weighted by Gasteiger charge is -2.12. The molecule has 2 aromatic carbocycles. The first kappa shape index (κ1) is 20.3. The smallest absolute Gasteiger partial charge is 0.298 e. The van der Waals surface area contributed by atoms with Gasteiger partial charge < -0.3 is 4.74 Å². The van der Waals surface area contributed by atoms with Crippen molar-refractivity contribution in [2.24, 2.45) is 0 Å². The zero-order chi connectivity index (χ0) is 21.3. The molecule has 1 saturated heterocycles. The average molecular weight is 462 g/mol. The summed E-state index contributed by atoms with van der Waals surface area (Å²) >= 11 is 12.4. The predicted octanol–water partition coefficient (Wildman–Crippen LogP) is 5.96. The van der Waals surface area contributed by atoms with Crippen molar-refractivity contribution < 1.29 is 18.7 Å². The Labute approximate surface area is 184 Å². The second-order valence-electron chi connectivity index (χ2n) is 5.96. The van der Waals surface area contributed by atoms with Crippen LogP contribution in [0.15, 0.2) is 59.6 Å². The van der Waals surface area contributed by atoms with E-state index in [0.29, 0.717) is 16.3 Å². The molecule has 0 bridgehead atoms. The van der Waals surface area contributed by atoms with Crippen LogP contribution in [-0.2, 0) is 4.79 Å². The minimum Gasteiger partial charge on any atom is -0.436 e. The highest BCUT2D eigenvalue weighted by molar-refractivity contribution is 8.19. The number of ether oxygens (including phenoxy) is 1. The molecule has 1 aliphatic heterocycles. The van der Waals surface area contributed by atoms with Crippen LogP contribution in [0.25, 0.3) is 6.08 Å². The lowest BCUT2D eigenvalue weighted by Crippen LogP contribution is -2.27. The number of benzene rings is 2. The molecular weight excluding hydrogens is 452 g/mol. The number of nitrogens with zero attached hydrogens (tertiary/aromatic N) is 3. The van der Waals surface area contributed by atoms with Crippen LogP contribution in [0, 0.1) is 5.82 Å². The van der Waals surface area contributed by atoms with Crippen molar-refractivity contribution >= 4 is 57.9 Å². The maximum atomic E-state index is 13.8. The van der Waals surface area contributed by atoms with Crippen LogP contribution in [-0.4, -0.2) is 21.1 Å². The number of thioether (sulfide) groups is 1. The van der Waals surface area contributed by atoms with Crippen LogP contribution in [0.4, 0.5) is 14.9 Å². The van der Waals surface area contributed by atoms with Crippen LogP contribution in [0.5, 0.6) is 11.6 Å². The number of hydrogen-bond donors (Lipinski definition) is 0. The Morgan fingerprint density at radius 1 is 1.10 bits per heavy atom. The molecule has 3 aromatic rings. The number of hydrogen-bond acceptors (Lipinski definition) is 6. The van der Waals surface area contributed by atoms with Gasteiger partial charge >= 0.3 is 0 Å². The summed E-state index contributed by atoms with van der Waals surface area (Å²) < 4.78 is 19.2. The maximum absolute atomic E-state index is 13.8. The van der Waals surface area contributed by atoms with E-state index in [2.05, 4.69) is 9.97 Å². The molecule has 0 N–H and O–H groups in total. The first-order valence-electron chi connectivity index (χ1n) is 8.40. The molecule has 0 atom stereocenters. The third-order valence-corrected chi connectivity index (χ3v) is 5.20. The summed E-state index contributed by atoms with van der Waals surface area (Å²) in [4.78, 5) is 33.6. The molecule has 2 amide bonds. The van der Waals surface area contributed by atoms with Crippen LogP contribution in [0.3, 0.4) is 0 Å².